The highest BCUT2D eigenvalue weighted by atomic mass is 32.2. The van der Waals surface area contributed by atoms with Crippen molar-refractivity contribution < 1.29 is 4.74 Å². The van der Waals surface area contributed by atoms with Crippen molar-refractivity contribution in [1.29, 1.82) is 0 Å². The first-order chi connectivity index (χ1) is 11.8. The molecule has 2 heterocycles. The maximum Gasteiger partial charge on any atom is 0.227 e. The molecule has 1 fully saturated rings. The van der Waals surface area contributed by atoms with Crippen LogP contribution < -0.4 is 4.90 Å². The molecule has 0 unspecified atom stereocenters. The van der Waals surface area contributed by atoms with Gasteiger partial charge in [0.25, 0.3) is 0 Å². The quantitative estimate of drug-likeness (QED) is 0.683. The number of hydrogen-bond acceptors (Lipinski definition) is 5. The first-order valence-corrected chi connectivity index (χ1v) is 9.13. The van der Waals surface area contributed by atoms with Crippen LogP contribution in [0.1, 0.15) is 5.56 Å². The average molecular weight is 340 g/mol. The van der Waals surface area contributed by atoms with Gasteiger partial charge in [-0.05, 0) is 16.3 Å². The van der Waals surface area contributed by atoms with E-state index in [1.165, 1.54) is 16.3 Å². The predicted molar refractivity (Wildman–Crippen MR) is 97.5 cm³/mol. The van der Waals surface area contributed by atoms with E-state index in [9.17, 15) is 0 Å². The summed E-state index contributed by atoms with van der Waals surface area (Å²) in [6.45, 7) is 3.26. The van der Waals surface area contributed by atoms with Gasteiger partial charge in [0.15, 0.2) is 5.16 Å². The van der Waals surface area contributed by atoms with Crippen LogP contribution in [0.5, 0.6) is 0 Å². The van der Waals surface area contributed by atoms with Gasteiger partial charge in [0.05, 0.1) is 13.2 Å². The summed E-state index contributed by atoms with van der Waals surface area (Å²) in [5.74, 6) is 1.81. The smallest absolute Gasteiger partial charge is 0.227 e. The van der Waals surface area contributed by atoms with Gasteiger partial charge in [-0.15, -0.1) is 10.2 Å². The summed E-state index contributed by atoms with van der Waals surface area (Å²) in [6.07, 6.45) is 0. The van der Waals surface area contributed by atoms with Gasteiger partial charge in [-0.3, -0.25) is 4.57 Å². The summed E-state index contributed by atoms with van der Waals surface area (Å²) in [7, 11) is 2.04. The fourth-order valence-electron chi connectivity index (χ4n) is 3.03. The molecule has 1 aliphatic heterocycles. The predicted octanol–water partition coefficient (Wildman–Crippen LogP) is 3.10. The molecule has 0 N–H and O–H groups in total. The molecule has 0 aliphatic carbocycles. The molecule has 0 spiro atoms. The van der Waals surface area contributed by atoms with E-state index in [0.717, 1.165) is 43.2 Å². The maximum atomic E-state index is 5.41. The Bertz CT molecular complexity index is 837. The van der Waals surface area contributed by atoms with Crippen LogP contribution in [0.3, 0.4) is 0 Å². The van der Waals surface area contributed by atoms with Crippen LogP contribution in [0, 0.1) is 0 Å². The molecule has 2 aromatic carbocycles. The van der Waals surface area contributed by atoms with Crippen LogP contribution in [-0.4, -0.2) is 41.1 Å². The van der Waals surface area contributed by atoms with Gasteiger partial charge in [0.2, 0.25) is 5.95 Å². The van der Waals surface area contributed by atoms with E-state index in [1.807, 2.05) is 7.05 Å². The molecule has 0 atom stereocenters. The average Bonchev–Trinajstić information content (AvgIpc) is 3.01. The molecular formula is C18H20N4OS. The van der Waals surface area contributed by atoms with E-state index in [-0.39, 0.29) is 0 Å². The minimum atomic E-state index is 0.755. The van der Waals surface area contributed by atoms with Gasteiger partial charge in [-0.25, -0.2) is 0 Å². The summed E-state index contributed by atoms with van der Waals surface area (Å²) in [5.41, 5.74) is 1.33. The molecule has 5 nitrogen and oxygen atoms in total. The summed E-state index contributed by atoms with van der Waals surface area (Å²) >= 11 is 1.73. The summed E-state index contributed by atoms with van der Waals surface area (Å²) in [4.78, 5) is 2.23. The lowest BCUT2D eigenvalue weighted by Gasteiger charge is -2.27. The van der Waals surface area contributed by atoms with Crippen molar-refractivity contribution in [2.45, 2.75) is 10.9 Å². The topological polar surface area (TPSA) is 43.2 Å². The lowest BCUT2D eigenvalue weighted by Crippen LogP contribution is -2.37. The number of aromatic nitrogens is 3. The molecule has 4 rings (SSSR count). The SMILES string of the molecule is Cn1c(SCc2cccc3ccccc23)nnc1N1CCOCC1. The van der Waals surface area contributed by atoms with Crippen molar-refractivity contribution in [2.75, 3.05) is 31.2 Å². The van der Waals surface area contributed by atoms with Gasteiger partial charge in [-0.2, -0.15) is 0 Å². The third-order valence-electron chi connectivity index (χ3n) is 4.34. The Balaban J connectivity index is 1.52. The van der Waals surface area contributed by atoms with Gasteiger partial charge in [0.1, 0.15) is 0 Å². The zero-order chi connectivity index (χ0) is 16.4. The fraction of sp³-hybridized carbons (Fsp3) is 0.333. The Morgan fingerprint density at radius 3 is 2.71 bits per heavy atom. The van der Waals surface area contributed by atoms with Crippen molar-refractivity contribution in [3.8, 4) is 0 Å². The molecule has 1 aliphatic rings. The normalized spacial score (nSPS) is 15.1. The third kappa shape index (κ3) is 2.99. The fourth-order valence-corrected chi connectivity index (χ4v) is 3.94. The Morgan fingerprint density at radius 1 is 1.04 bits per heavy atom. The Morgan fingerprint density at radius 2 is 1.83 bits per heavy atom. The molecule has 0 saturated carbocycles. The molecule has 124 valence electrons. The highest BCUT2D eigenvalue weighted by Crippen LogP contribution is 2.27. The number of thioether (sulfide) groups is 1. The molecular weight excluding hydrogens is 320 g/mol. The van der Waals surface area contributed by atoms with Gasteiger partial charge in [-0.1, -0.05) is 54.2 Å². The second-order valence-electron chi connectivity index (χ2n) is 5.87. The van der Waals surface area contributed by atoms with Crippen molar-refractivity contribution in [3.05, 3.63) is 48.0 Å². The van der Waals surface area contributed by atoms with E-state index in [1.54, 1.807) is 11.8 Å². The number of benzene rings is 2. The zero-order valence-electron chi connectivity index (χ0n) is 13.7. The molecule has 0 radical (unpaired) electrons. The second kappa shape index (κ2) is 6.83. The van der Waals surface area contributed by atoms with Crippen molar-refractivity contribution >= 4 is 28.5 Å². The molecule has 3 aromatic rings. The Kier molecular flexibility index (Phi) is 4.40. The van der Waals surface area contributed by atoms with Crippen LogP contribution in [-0.2, 0) is 17.5 Å². The zero-order valence-corrected chi connectivity index (χ0v) is 14.5. The lowest BCUT2D eigenvalue weighted by molar-refractivity contribution is 0.121. The van der Waals surface area contributed by atoms with Crippen LogP contribution in [0.4, 0.5) is 5.95 Å². The van der Waals surface area contributed by atoms with Gasteiger partial charge >= 0.3 is 0 Å². The molecule has 24 heavy (non-hydrogen) atoms. The third-order valence-corrected chi connectivity index (χ3v) is 5.41. The van der Waals surface area contributed by atoms with E-state index in [4.69, 9.17) is 4.74 Å². The first kappa shape index (κ1) is 15.5. The van der Waals surface area contributed by atoms with E-state index in [0.29, 0.717) is 0 Å². The van der Waals surface area contributed by atoms with Crippen LogP contribution >= 0.6 is 11.8 Å². The number of nitrogens with zero attached hydrogens (tertiary/aromatic N) is 4. The highest BCUT2D eigenvalue weighted by molar-refractivity contribution is 7.98. The molecule has 1 saturated heterocycles. The van der Waals surface area contributed by atoms with Crippen molar-refractivity contribution in [1.82, 2.24) is 14.8 Å². The summed E-state index contributed by atoms with van der Waals surface area (Å²) in [5, 5.41) is 12.3. The minimum absolute atomic E-state index is 0.755. The Hall–Kier alpha value is -2.05. The standard InChI is InChI=1S/C18H20N4OS/c1-21-17(22-9-11-23-12-10-22)19-20-18(21)24-13-15-7-4-6-14-5-2-3-8-16(14)15/h2-8H,9-13H2,1H3. The highest BCUT2D eigenvalue weighted by Gasteiger charge is 2.18. The maximum absolute atomic E-state index is 5.41. The lowest BCUT2D eigenvalue weighted by atomic mass is 10.1. The molecule has 6 heteroatoms. The number of hydrogen-bond donors (Lipinski definition) is 0. The second-order valence-corrected chi connectivity index (χ2v) is 6.81. The molecule has 0 amide bonds. The number of fused-ring (bicyclic) bond motifs is 1. The number of morpholine rings is 1. The van der Waals surface area contributed by atoms with Gasteiger partial charge in [0, 0.05) is 25.9 Å². The van der Waals surface area contributed by atoms with Crippen LogP contribution in [0.15, 0.2) is 47.6 Å². The summed E-state index contributed by atoms with van der Waals surface area (Å²) < 4.78 is 7.49. The summed E-state index contributed by atoms with van der Waals surface area (Å²) in [6, 6.07) is 15.0. The van der Waals surface area contributed by atoms with E-state index >= 15 is 0 Å². The van der Waals surface area contributed by atoms with Gasteiger partial charge < -0.3 is 9.64 Å². The monoisotopic (exact) mass is 340 g/mol. The van der Waals surface area contributed by atoms with Crippen molar-refractivity contribution in [2.24, 2.45) is 7.05 Å². The van der Waals surface area contributed by atoms with E-state index < -0.39 is 0 Å². The first-order valence-electron chi connectivity index (χ1n) is 8.14. The molecule has 1 aromatic heterocycles. The Labute approximate surface area is 145 Å². The molecule has 0 bridgehead atoms. The number of rotatable bonds is 4. The minimum Gasteiger partial charge on any atom is -0.378 e. The number of ether oxygens (including phenoxy) is 1. The van der Waals surface area contributed by atoms with E-state index in [2.05, 4.69) is 62.1 Å². The largest absolute Gasteiger partial charge is 0.378 e. The number of anilines is 1. The van der Waals surface area contributed by atoms with Crippen LogP contribution in [0.25, 0.3) is 10.8 Å². The van der Waals surface area contributed by atoms with Crippen LogP contribution in [0.2, 0.25) is 0 Å². The van der Waals surface area contributed by atoms with Crippen molar-refractivity contribution in [3.63, 3.8) is 0 Å².